The number of rotatable bonds is 1. The summed E-state index contributed by atoms with van der Waals surface area (Å²) in [6.45, 7) is 0. The van der Waals surface area contributed by atoms with Crippen LogP contribution in [0.4, 0.5) is 19.3 Å². The predicted octanol–water partition coefficient (Wildman–Crippen LogP) is 2.11. The average Bonchev–Trinajstić information content (AvgIpc) is 1.96. The SMILES string of the molecule is NC(=O)Nc1c(F)cc(F)cc1Cl. The number of amides is 2. The summed E-state index contributed by atoms with van der Waals surface area (Å²) in [5.74, 6) is -1.79. The number of carbonyl (C=O) groups excluding carboxylic acids is 1. The molecule has 3 N–H and O–H groups in total. The van der Waals surface area contributed by atoms with Gasteiger partial charge in [0.15, 0.2) is 5.82 Å². The summed E-state index contributed by atoms with van der Waals surface area (Å²) in [6, 6.07) is 0.500. The second-order valence-corrected chi connectivity index (χ2v) is 2.64. The Kier molecular flexibility index (Phi) is 2.67. The maximum atomic E-state index is 12.9. The molecule has 0 aliphatic carbocycles. The molecule has 0 aliphatic heterocycles. The van der Waals surface area contributed by atoms with E-state index in [1.165, 1.54) is 0 Å². The standard InChI is InChI=1S/C7H5ClF2N2O/c8-4-1-3(9)2-5(10)6(4)12-7(11)13/h1-2H,(H3,11,12,13). The maximum absolute atomic E-state index is 12.9. The number of nitrogens with two attached hydrogens (primary N) is 1. The maximum Gasteiger partial charge on any atom is 0.316 e. The zero-order valence-corrected chi connectivity index (χ0v) is 7.03. The third kappa shape index (κ3) is 2.29. The normalized spacial score (nSPS) is 9.77. The van der Waals surface area contributed by atoms with Crippen molar-refractivity contribution in [1.29, 1.82) is 0 Å². The van der Waals surface area contributed by atoms with Crippen LogP contribution in [0.25, 0.3) is 0 Å². The van der Waals surface area contributed by atoms with Crippen molar-refractivity contribution < 1.29 is 13.6 Å². The van der Waals surface area contributed by atoms with Gasteiger partial charge in [-0.2, -0.15) is 0 Å². The highest BCUT2D eigenvalue weighted by Gasteiger charge is 2.10. The van der Waals surface area contributed by atoms with Crippen LogP contribution in [-0.2, 0) is 0 Å². The molecule has 0 bridgehead atoms. The minimum Gasteiger partial charge on any atom is -0.351 e. The van der Waals surface area contributed by atoms with E-state index < -0.39 is 17.7 Å². The lowest BCUT2D eigenvalue weighted by molar-refractivity contribution is 0.259. The summed E-state index contributed by atoms with van der Waals surface area (Å²) in [5.41, 5.74) is 4.41. The number of carbonyl (C=O) groups is 1. The molecule has 0 saturated heterocycles. The van der Waals surface area contributed by atoms with Crippen LogP contribution in [0.1, 0.15) is 0 Å². The highest BCUT2D eigenvalue weighted by molar-refractivity contribution is 6.33. The molecule has 2 amide bonds. The Morgan fingerprint density at radius 3 is 2.54 bits per heavy atom. The Bertz CT molecular complexity index is 333. The van der Waals surface area contributed by atoms with Gasteiger partial charge in [-0.15, -0.1) is 0 Å². The third-order valence-corrected chi connectivity index (χ3v) is 1.55. The number of primary amides is 1. The lowest BCUT2D eigenvalue weighted by atomic mass is 10.3. The Morgan fingerprint density at radius 1 is 1.46 bits per heavy atom. The van der Waals surface area contributed by atoms with Gasteiger partial charge < -0.3 is 11.1 Å². The van der Waals surface area contributed by atoms with Crippen LogP contribution in [0.3, 0.4) is 0 Å². The van der Waals surface area contributed by atoms with Gasteiger partial charge in [0, 0.05) is 6.07 Å². The molecule has 0 saturated carbocycles. The molecule has 3 nitrogen and oxygen atoms in total. The van der Waals surface area contributed by atoms with Gasteiger partial charge >= 0.3 is 6.03 Å². The molecule has 1 aromatic rings. The molecular weight excluding hydrogens is 202 g/mol. The van der Waals surface area contributed by atoms with Crippen LogP contribution >= 0.6 is 11.6 Å². The first-order valence-electron chi connectivity index (χ1n) is 3.21. The van der Waals surface area contributed by atoms with E-state index in [4.69, 9.17) is 17.3 Å². The van der Waals surface area contributed by atoms with E-state index in [-0.39, 0.29) is 10.7 Å². The summed E-state index contributed by atoms with van der Waals surface area (Å²) >= 11 is 5.43. The Hall–Kier alpha value is -1.36. The molecule has 1 aromatic carbocycles. The van der Waals surface area contributed by atoms with Crippen LogP contribution in [0, 0.1) is 11.6 Å². The number of nitrogens with one attached hydrogen (secondary N) is 1. The monoisotopic (exact) mass is 206 g/mol. The summed E-state index contributed by atoms with van der Waals surface area (Å²) in [5, 5.41) is 1.69. The van der Waals surface area contributed by atoms with Crippen molar-refractivity contribution in [3.8, 4) is 0 Å². The molecular formula is C7H5ClF2N2O. The van der Waals surface area contributed by atoms with E-state index in [2.05, 4.69) is 0 Å². The molecule has 6 heteroatoms. The second-order valence-electron chi connectivity index (χ2n) is 2.23. The molecule has 0 atom stereocenters. The van der Waals surface area contributed by atoms with Crippen molar-refractivity contribution >= 4 is 23.3 Å². The largest absolute Gasteiger partial charge is 0.351 e. The molecule has 0 unspecified atom stereocenters. The van der Waals surface area contributed by atoms with Crippen molar-refractivity contribution in [2.75, 3.05) is 5.32 Å². The minimum absolute atomic E-state index is 0.240. The Morgan fingerprint density at radius 2 is 2.08 bits per heavy atom. The van der Waals surface area contributed by atoms with Gasteiger partial charge in [-0.3, -0.25) is 0 Å². The number of hydrogen-bond acceptors (Lipinski definition) is 1. The van der Waals surface area contributed by atoms with E-state index in [0.29, 0.717) is 6.07 Å². The first kappa shape index (κ1) is 9.73. The van der Waals surface area contributed by atoms with Crippen LogP contribution in [0.2, 0.25) is 5.02 Å². The fraction of sp³-hybridized carbons (Fsp3) is 0. The van der Waals surface area contributed by atoms with Crippen molar-refractivity contribution in [3.63, 3.8) is 0 Å². The number of hydrogen-bond donors (Lipinski definition) is 2. The molecule has 0 fully saturated rings. The summed E-state index contributed by atoms with van der Waals surface area (Å²) < 4.78 is 25.4. The lowest BCUT2D eigenvalue weighted by Crippen LogP contribution is -2.20. The van der Waals surface area contributed by atoms with Gasteiger partial charge in [-0.1, -0.05) is 11.6 Å². The van der Waals surface area contributed by atoms with Crippen LogP contribution in [0.5, 0.6) is 0 Å². The highest BCUT2D eigenvalue weighted by Crippen LogP contribution is 2.25. The molecule has 0 aliphatic rings. The molecule has 1 rings (SSSR count). The predicted molar refractivity (Wildman–Crippen MR) is 44.6 cm³/mol. The van der Waals surface area contributed by atoms with Crippen LogP contribution < -0.4 is 11.1 Å². The molecule has 0 heterocycles. The zero-order valence-electron chi connectivity index (χ0n) is 6.27. The van der Waals surface area contributed by atoms with E-state index in [9.17, 15) is 13.6 Å². The first-order valence-corrected chi connectivity index (χ1v) is 3.59. The second kappa shape index (κ2) is 3.57. The topological polar surface area (TPSA) is 55.1 Å². The van der Waals surface area contributed by atoms with E-state index >= 15 is 0 Å². The molecule has 0 aromatic heterocycles. The van der Waals surface area contributed by atoms with Gasteiger partial charge in [0.05, 0.1) is 10.7 Å². The molecule has 0 spiro atoms. The van der Waals surface area contributed by atoms with Crippen molar-refractivity contribution in [1.82, 2.24) is 0 Å². The van der Waals surface area contributed by atoms with Crippen molar-refractivity contribution in [2.45, 2.75) is 0 Å². The number of benzene rings is 1. The van der Waals surface area contributed by atoms with E-state index in [0.717, 1.165) is 6.07 Å². The smallest absolute Gasteiger partial charge is 0.316 e. The first-order chi connectivity index (χ1) is 6.00. The van der Waals surface area contributed by atoms with Gasteiger partial charge in [-0.05, 0) is 6.07 Å². The van der Waals surface area contributed by atoms with Gasteiger partial charge in [0.2, 0.25) is 0 Å². The molecule has 13 heavy (non-hydrogen) atoms. The number of anilines is 1. The van der Waals surface area contributed by atoms with Crippen molar-refractivity contribution in [3.05, 3.63) is 28.8 Å². The number of halogens is 3. The fourth-order valence-electron chi connectivity index (χ4n) is 0.785. The average molecular weight is 207 g/mol. The Balaban J connectivity index is 3.13. The zero-order chi connectivity index (χ0) is 10.0. The Labute approximate surface area is 77.5 Å². The number of urea groups is 1. The molecule has 70 valence electrons. The summed E-state index contributed by atoms with van der Waals surface area (Å²) in [7, 11) is 0. The van der Waals surface area contributed by atoms with Crippen molar-refractivity contribution in [2.24, 2.45) is 5.73 Å². The lowest BCUT2D eigenvalue weighted by Gasteiger charge is -2.05. The van der Waals surface area contributed by atoms with E-state index in [1.54, 1.807) is 0 Å². The summed E-state index contributed by atoms with van der Waals surface area (Å²) in [6.07, 6.45) is 0. The summed E-state index contributed by atoms with van der Waals surface area (Å²) in [4.78, 5) is 10.4. The van der Waals surface area contributed by atoms with Gasteiger partial charge in [-0.25, -0.2) is 13.6 Å². The van der Waals surface area contributed by atoms with Crippen LogP contribution in [-0.4, -0.2) is 6.03 Å². The van der Waals surface area contributed by atoms with E-state index in [1.807, 2.05) is 5.32 Å². The third-order valence-electron chi connectivity index (χ3n) is 1.26. The van der Waals surface area contributed by atoms with Gasteiger partial charge in [0.25, 0.3) is 0 Å². The quantitative estimate of drug-likeness (QED) is 0.727. The highest BCUT2D eigenvalue weighted by atomic mass is 35.5. The minimum atomic E-state index is -0.969. The fourth-order valence-corrected chi connectivity index (χ4v) is 1.03. The molecule has 0 radical (unpaired) electrons. The van der Waals surface area contributed by atoms with Crippen LogP contribution in [0.15, 0.2) is 12.1 Å². The van der Waals surface area contributed by atoms with Gasteiger partial charge in [0.1, 0.15) is 5.82 Å².